The lowest BCUT2D eigenvalue weighted by molar-refractivity contribution is -0.146. The summed E-state index contributed by atoms with van der Waals surface area (Å²) in [6, 6.07) is 9.76. The molecule has 0 fully saturated rings. The molecule has 0 bridgehead atoms. The molecule has 0 spiro atoms. The lowest BCUT2D eigenvalue weighted by atomic mass is 9.95. The summed E-state index contributed by atoms with van der Waals surface area (Å²) in [5.74, 6) is -1.03. The molecule has 3 aromatic rings. The van der Waals surface area contributed by atoms with Gasteiger partial charge in [-0.2, -0.15) is 13.2 Å². The van der Waals surface area contributed by atoms with Crippen molar-refractivity contribution in [1.82, 2.24) is 14.8 Å². The maximum Gasteiger partial charge on any atom is 0.452 e. The number of nitrogens with zero attached hydrogens (tertiary/aromatic N) is 4. The highest BCUT2D eigenvalue weighted by molar-refractivity contribution is 6.30. The normalized spacial score (nSPS) is 18.4. The molecule has 12 heteroatoms. The van der Waals surface area contributed by atoms with Gasteiger partial charge in [0.2, 0.25) is 5.82 Å². The van der Waals surface area contributed by atoms with Crippen LogP contribution in [0.15, 0.2) is 41.6 Å². The van der Waals surface area contributed by atoms with Crippen LogP contribution in [-0.2, 0) is 10.9 Å². The van der Waals surface area contributed by atoms with Gasteiger partial charge >= 0.3 is 6.18 Å². The van der Waals surface area contributed by atoms with Gasteiger partial charge in [-0.05, 0) is 42.3 Å². The Morgan fingerprint density at radius 2 is 2.03 bits per heavy atom. The zero-order valence-electron chi connectivity index (χ0n) is 17.5. The number of fused-ring (bicyclic) bond motifs is 3. The molecule has 3 N–H and O–H groups in total. The molecule has 1 aliphatic heterocycles. The van der Waals surface area contributed by atoms with Crippen molar-refractivity contribution in [1.29, 1.82) is 0 Å². The highest BCUT2D eigenvalue weighted by Gasteiger charge is 2.43. The largest absolute Gasteiger partial charge is 0.496 e. The molecule has 174 valence electrons. The van der Waals surface area contributed by atoms with Crippen molar-refractivity contribution < 1.29 is 27.9 Å². The van der Waals surface area contributed by atoms with Crippen molar-refractivity contribution in [2.75, 3.05) is 7.11 Å². The van der Waals surface area contributed by atoms with Crippen LogP contribution in [-0.4, -0.2) is 32.9 Å². The van der Waals surface area contributed by atoms with Gasteiger partial charge in [-0.25, -0.2) is 0 Å². The van der Waals surface area contributed by atoms with Crippen LogP contribution in [0.1, 0.15) is 47.0 Å². The number of hydrogen-bond donors (Lipinski definition) is 2. The van der Waals surface area contributed by atoms with Crippen LogP contribution in [0.4, 0.5) is 13.2 Å². The molecule has 1 aliphatic rings. The second kappa shape index (κ2) is 8.56. The summed E-state index contributed by atoms with van der Waals surface area (Å²) in [6.07, 6.45) is -7.01. The number of nitrogens with two attached hydrogens (primary N) is 1. The van der Waals surface area contributed by atoms with E-state index in [9.17, 15) is 13.2 Å². The smallest absolute Gasteiger partial charge is 0.452 e. The number of hydrogen-bond acceptors (Lipinski definition) is 6. The zero-order valence-corrected chi connectivity index (χ0v) is 18.2. The van der Waals surface area contributed by atoms with E-state index in [1.54, 1.807) is 18.2 Å². The molecule has 4 rings (SSSR count). The molecule has 2 aromatic carbocycles. The fraction of sp³-hybridized carbons (Fsp3) is 0.286. The van der Waals surface area contributed by atoms with Gasteiger partial charge in [0.25, 0.3) is 0 Å². The predicted molar refractivity (Wildman–Crippen MR) is 113 cm³/mol. The Bertz CT molecular complexity index is 1230. The maximum atomic E-state index is 13.9. The minimum absolute atomic E-state index is 0.138. The van der Waals surface area contributed by atoms with Gasteiger partial charge < -0.3 is 20.4 Å². The number of oxime groups is 1. The van der Waals surface area contributed by atoms with Gasteiger partial charge in [-0.1, -0.05) is 28.9 Å². The summed E-state index contributed by atoms with van der Waals surface area (Å²) in [7, 11) is 1.52. The van der Waals surface area contributed by atoms with E-state index in [1.165, 1.54) is 25.3 Å². The van der Waals surface area contributed by atoms with Gasteiger partial charge in [0, 0.05) is 17.0 Å². The van der Waals surface area contributed by atoms with E-state index in [2.05, 4.69) is 15.4 Å². The molecular formula is C21H19ClF3N5O3. The predicted octanol–water partition coefficient (Wildman–Crippen LogP) is 4.55. The van der Waals surface area contributed by atoms with E-state index in [0.717, 1.165) is 10.1 Å². The average Bonchev–Trinajstić information content (AvgIpc) is 3.18. The van der Waals surface area contributed by atoms with Crippen molar-refractivity contribution in [3.05, 3.63) is 69.8 Å². The van der Waals surface area contributed by atoms with Gasteiger partial charge in [-0.3, -0.25) is 4.57 Å². The highest BCUT2D eigenvalue weighted by Crippen LogP contribution is 2.45. The molecule has 2 atom stereocenters. The summed E-state index contributed by atoms with van der Waals surface area (Å²) < 4.78 is 54.2. The number of halogens is 4. The first-order valence-electron chi connectivity index (χ1n) is 9.73. The van der Waals surface area contributed by atoms with Crippen LogP contribution < -0.4 is 10.5 Å². The second-order valence-electron chi connectivity index (χ2n) is 7.39. The molecule has 0 saturated heterocycles. The minimum atomic E-state index is -4.80. The molecular weight excluding hydrogens is 463 g/mol. The Morgan fingerprint density at radius 1 is 1.27 bits per heavy atom. The van der Waals surface area contributed by atoms with Crippen LogP contribution in [0, 0.1) is 6.92 Å². The van der Waals surface area contributed by atoms with Crippen LogP contribution in [0.3, 0.4) is 0 Å². The number of rotatable bonds is 4. The molecule has 0 aliphatic carbocycles. The Labute approximate surface area is 191 Å². The SMILES string of the molecule is COc1cccc([C@H]2O[C@H](CC(N)=NO)c3nnc(C(F)(F)F)n3-c3ccc(Cl)cc32)c1C. The van der Waals surface area contributed by atoms with Crippen molar-refractivity contribution in [3.63, 3.8) is 0 Å². The van der Waals surface area contributed by atoms with Crippen LogP contribution in [0.2, 0.25) is 5.02 Å². The Kier molecular flexibility index (Phi) is 5.93. The summed E-state index contributed by atoms with van der Waals surface area (Å²) in [5, 5.41) is 19.5. The molecule has 0 radical (unpaired) electrons. The Balaban J connectivity index is 2.02. The van der Waals surface area contributed by atoms with E-state index >= 15 is 0 Å². The van der Waals surface area contributed by atoms with Crippen molar-refractivity contribution in [2.45, 2.75) is 31.7 Å². The topological polar surface area (TPSA) is 108 Å². The van der Waals surface area contributed by atoms with Gasteiger partial charge in [-0.15, -0.1) is 10.2 Å². The van der Waals surface area contributed by atoms with E-state index in [1.807, 2.05) is 6.92 Å². The van der Waals surface area contributed by atoms with Crippen LogP contribution in [0.25, 0.3) is 5.69 Å². The molecule has 1 aromatic heterocycles. The van der Waals surface area contributed by atoms with Crippen LogP contribution in [0.5, 0.6) is 5.75 Å². The van der Waals surface area contributed by atoms with Crippen molar-refractivity contribution in [2.24, 2.45) is 10.9 Å². The van der Waals surface area contributed by atoms with Gasteiger partial charge in [0.05, 0.1) is 12.8 Å². The highest BCUT2D eigenvalue weighted by atomic mass is 35.5. The lowest BCUT2D eigenvalue weighted by Gasteiger charge is -2.24. The van der Waals surface area contributed by atoms with Crippen molar-refractivity contribution in [3.8, 4) is 11.4 Å². The molecule has 8 nitrogen and oxygen atoms in total. The van der Waals surface area contributed by atoms with E-state index in [0.29, 0.717) is 21.9 Å². The zero-order chi connectivity index (χ0) is 23.9. The molecule has 2 heterocycles. The van der Waals surface area contributed by atoms with Gasteiger partial charge in [0.15, 0.2) is 5.82 Å². The van der Waals surface area contributed by atoms with E-state index < -0.39 is 24.2 Å². The summed E-state index contributed by atoms with van der Waals surface area (Å²) in [6.45, 7) is 1.81. The molecule has 0 unspecified atom stereocenters. The lowest BCUT2D eigenvalue weighted by Crippen LogP contribution is -2.21. The standard InChI is InChI=1S/C21H19ClF3N5O3/c1-10-12(4-3-5-15(10)32-2)18-13-8-11(22)6-7-14(13)30-19(16(33-18)9-17(26)29-31)27-28-20(30)21(23,24)25/h3-8,16,18,31H,9H2,1-2H3,(H2,26,29)/t16-,18-/m1/s1. The fourth-order valence-corrected chi connectivity index (χ4v) is 4.09. The number of methoxy groups -OCH3 is 1. The summed E-state index contributed by atoms with van der Waals surface area (Å²) >= 11 is 6.24. The van der Waals surface area contributed by atoms with Crippen molar-refractivity contribution >= 4 is 17.4 Å². The number of benzene rings is 2. The maximum absolute atomic E-state index is 13.9. The first-order chi connectivity index (χ1) is 15.7. The Hall–Kier alpha value is -3.31. The first kappa shape index (κ1) is 22.9. The third-order valence-corrected chi connectivity index (χ3v) is 5.63. The fourth-order valence-electron chi connectivity index (χ4n) is 3.91. The number of amidine groups is 1. The second-order valence-corrected chi connectivity index (χ2v) is 7.83. The monoisotopic (exact) mass is 481 g/mol. The molecule has 33 heavy (non-hydrogen) atoms. The number of alkyl halides is 3. The quantitative estimate of drug-likeness (QED) is 0.245. The number of ether oxygens (including phenoxy) is 2. The third kappa shape index (κ3) is 4.09. The van der Waals surface area contributed by atoms with Gasteiger partial charge in [0.1, 0.15) is 23.8 Å². The first-order valence-corrected chi connectivity index (χ1v) is 10.1. The minimum Gasteiger partial charge on any atom is -0.496 e. The van der Waals surface area contributed by atoms with Crippen LogP contribution >= 0.6 is 11.6 Å². The average molecular weight is 482 g/mol. The number of aromatic nitrogens is 3. The molecule has 0 amide bonds. The summed E-state index contributed by atoms with van der Waals surface area (Å²) in [4.78, 5) is 0. The molecule has 0 saturated carbocycles. The summed E-state index contributed by atoms with van der Waals surface area (Å²) in [5.41, 5.74) is 7.59. The van der Waals surface area contributed by atoms with E-state index in [4.69, 9.17) is 32.0 Å². The Morgan fingerprint density at radius 3 is 2.70 bits per heavy atom. The third-order valence-electron chi connectivity index (χ3n) is 5.39. The van der Waals surface area contributed by atoms with E-state index in [-0.39, 0.29) is 23.8 Å².